The van der Waals surface area contributed by atoms with Crippen LogP contribution in [0.3, 0.4) is 0 Å². The van der Waals surface area contributed by atoms with Gasteiger partial charge in [0.05, 0.1) is 0 Å². The zero-order valence-electron chi connectivity index (χ0n) is 33.8. The highest BCUT2D eigenvalue weighted by molar-refractivity contribution is 5.97. The molecular weight excluding hydrogens is 735 g/mol. The van der Waals surface area contributed by atoms with Crippen LogP contribution in [0.5, 0.6) is 0 Å². The second-order valence-electron chi connectivity index (χ2n) is 15.5. The summed E-state index contributed by atoms with van der Waals surface area (Å²) in [6.45, 7) is 4.17. The van der Waals surface area contributed by atoms with Crippen LogP contribution in [-0.4, -0.2) is 0 Å². The third-order valence-corrected chi connectivity index (χ3v) is 11.6. The van der Waals surface area contributed by atoms with Gasteiger partial charge in [-0.25, -0.2) is 0 Å². The zero-order chi connectivity index (χ0) is 41.0. The maximum atomic E-state index is 4.17. The smallest absolute Gasteiger partial charge is 0.0468 e. The van der Waals surface area contributed by atoms with Gasteiger partial charge in [-0.15, -0.1) is 0 Å². The van der Waals surface area contributed by atoms with E-state index in [2.05, 4.69) is 242 Å². The first-order chi connectivity index (χ1) is 30.1. The molecule has 0 aromatic heterocycles. The summed E-state index contributed by atoms with van der Waals surface area (Å²) in [6, 6.07) is 83.1. The monoisotopic (exact) mass is 777 g/mol. The minimum Gasteiger partial charge on any atom is -0.310 e. The Balaban J connectivity index is 1.05. The first-order valence-corrected chi connectivity index (χ1v) is 20.8. The standard InChI is InChI=1S/C60H43N/c1-43-13-5-6-15-45(43)21-11-14-44-25-35-54(36-26-44)61(55-37-33-47(34-38-55)53-32-27-46-16-7-8-20-52(46)41-53)56-39-40-59(60(42-56)49-17-3-2-4-18-49)51-30-28-50(29-31-51)58-24-12-22-48-19-9-10-23-57(48)58/h2-42H,1H2/b14-11+,45-21-. The van der Waals surface area contributed by atoms with Crippen LogP contribution < -0.4 is 15.3 Å². The van der Waals surface area contributed by atoms with Crippen LogP contribution in [0, 0.1) is 0 Å². The molecule has 10 aromatic carbocycles. The SMILES string of the molecule is C=c1cccc/c1=C/C=C/c1ccc(N(c2ccc(-c3ccc4ccccc4c3)cc2)c2ccc(-c3ccc(-c4cccc5ccccc45)cc3)c(-c3ccccc3)c2)cc1. The van der Waals surface area contributed by atoms with Gasteiger partial charge >= 0.3 is 0 Å². The van der Waals surface area contributed by atoms with Gasteiger partial charge in [-0.3, -0.25) is 0 Å². The van der Waals surface area contributed by atoms with Crippen molar-refractivity contribution in [2.45, 2.75) is 0 Å². The molecule has 0 atom stereocenters. The Kier molecular flexibility index (Phi) is 10.2. The van der Waals surface area contributed by atoms with Crippen molar-refractivity contribution in [3.63, 3.8) is 0 Å². The fourth-order valence-corrected chi connectivity index (χ4v) is 8.40. The molecule has 0 aliphatic heterocycles. The molecule has 61 heavy (non-hydrogen) atoms. The quantitative estimate of drug-likeness (QED) is 0.141. The minimum atomic E-state index is 1.02. The molecule has 0 heterocycles. The lowest BCUT2D eigenvalue weighted by molar-refractivity contribution is 1.28. The van der Waals surface area contributed by atoms with E-state index in [0.717, 1.165) is 33.1 Å². The number of fused-ring (bicyclic) bond motifs is 2. The summed E-state index contributed by atoms with van der Waals surface area (Å²) < 4.78 is 0. The van der Waals surface area contributed by atoms with Gasteiger partial charge in [-0.2, -0.15) is 0 Å². The number of benzene rings is 10. The number of rotatable bonds is 9. The van der Waals surface area contributed by atoms with E-state index < -0.39 is 0 Å². The van der Waals surface area contributed by atoms with Crippen molar-refractivity contribution in [1.29, 1.82) is 0 Å². The van der Waals surface area contributed by atoms with Gasteiger partial charge in [-0.1, -0.05) is 213 Å². The largest absolute Gasteiger partial charge is 0.310 e. The van der Waals surface area contributed by atoms with Gasteiger partial charge in [0.15, 0.2) is 0 Å². The van der Waals surface area contributed by atoms with E-state index in [-0.39, 0.29) is 0 Å². The summed E-state index contributed by atoms with van der Waals surface area (Å²) in [6.07, 6.45) is 6.36. The molecule has 0 fully saturated rings. The van der Waals surface area contributed by atoms with E-state index in [1.807, 2.05) is 18.2 Å². The average Bonchev–Trinajstić information content (AvgIpc) is 3.33. The Morgan fingerprint density at radius 3 is 1.69 bits per heavy atom. The molecule has 0 aliphatic rings. The molecule has 0 spiro atoms. The molecular formula is C60H43N. The molecule has 0 unspecified atom stereocenters. The summed E-state index contributed by atoms with van der Waals surface area (Å²) in [7, 11) is 0. The van der Waals surface area contributed by atoms with Crippen LogP contribution in [-0.2, 0) is 0 Å². The summed E-state index contributed by atoms with van der Waals surface area (Å²) in [5, 5.41) is 7.13. The molecule has 288 valence electrons. The van der Waals surface area contributed by atoms with Crippen LogP contribution in [0.2, 0.25) is 0 Å². The zero-order valence-corrected chi connectivity index (χ0v) is 33.8. The topological polar surface area (TPSA) is 3.24 Å². The Bertz CT molecular complexity index is 3280. The summed E-state index contributed by atoms with van der Waals surface area (Å²) in [5.41, 5.74) is 13.9. The van der Waals surface area contributed by atoms with Gasteiger partial charge in [0.1, 0.15) is 0 Å². The van der Waals surface area contributed by atoms with Gasteiger partial charge in [-0.05, 0) is 125 Å². The number of nitrogens with zero attached hydrogens (tertiary/aromatic N) is 1. The summed E-state index contributed by atoms with van der Waals surface area (Å²) >= 11 is 0. The molecule has 0 N–H and O–H groups in total. The van der Waals surface area contributed by atoms with E-state index >= 15 is 0 Å². The van der Waals surface area contributed by atoms with Crippen LogP contribution in [0.4, 0.5) is 17.1 Å². The van der Waals surface area contributed by atoms with Crippen molar-refractivity contribution in [1.82, 2.24) is 0 Å². The second-order valence-corrected chi connectivity index (χ2v) is 15.5. The lowest BCUT2D eigenvalue weighted by Crippen LogP contribution is -2.21. The normalized spacial score (nSPS) is 11.7. The third kappa shape index (κ3) is 7.81. The van der Waals surface area contributed by atoms with Gasteiger partial charge in [0.2, 0.25) is 0 Å². The highest BCUT2D eigenvalue weighted by Gasteiger charge is 2.17. The Morgan fingerprint density at radius 2 is 0.918 bits per heavy atom. The highest BCUT2D eigenvalue weighted by atomic mass is 15.1. The molecule has 0 saturated carbocycles. The van der Waals surface area contributed by atoms with Gasteiger partial charge < -0.3 is 4.90 Å². The first-order valence-electron chi connectivity index (χ1n) is 20.8. The van der Waals surface area contributed by atoms with E-state index in [4.69, 9.17) is 0 Å². The summed E-state index contributed by atoms with van der Waals surface area (Å²) in [4.78, 5) is 2.36. The van der Waals surface area contributed by atoms with Crippen LogP contribution in [0.15, 0.2) is 237 Å². The molecule has 0 radical (unpaired) electrons. The van der Waals surface area contributed by atoms with Gasteiger partial charge in [0, 0.05) is 17.1 Å². The van der Waals surface area contributed by atoms with E-state index in [0.29, 0.717) is 0 Å². The number of hydrogen-bond acceptors (Lipinski definition) is 1. The van der Waals surface area contributed by atoms with E-state index in [9.17, 15) is 0 Å². The van der Waals surface area contributed by atoms with E-state index in [1.165, 1.54) is 66.1 Å². The molecule has 10 aromatic rings. The molecule has 1 heteroatoms. The summed E-state index contributed by atoms with van der Waals surface area (Å²) in [5.74, 6) is 0. The fraction of sp³-hybridized carbons (Fsp3) is 0. The van der Waals surface area contributed by atoms with Crippen molar-refractivity contribution in [2.24, 2.45) is 0 Å². The predicted molar refractivity (Wildman–Crippen MR) is 263 cm³/mol. The maximum Gasteiger partial charge on any atom is 0.0468 e. The third-order valence-electron chi connectivity index (χ3n) is 11.6. The fourth-order valence-electron chi connectivity index (χ4n) is 8.40. The highest BCUT2D eigenvalue weighted by Crippen LogP contribution is 2.42. The first kappa shape index (κ1) is 37.3. The molecule has 10 rings (SSSR count). The lowest BCUT2D eigenvalue weighted by atomic mass is 9.91. The Labute approximate surface area is 357 Å². The van der Waals surface area contributed by atoms with Crippen molar-refractivity contribution in [2.75, 3.05) is 4.90 Å². The Hall–Kier alpha value is -8.00. The number of allylic oxidation sites excluding steroid dienone is 1. The Morgan fingerprint density at radius 1 is 0.344 bits per heavy atom. The molecule has 0 saturated heterocycles. The van der Waals surface area contributed by atoms with Crippen molar-refractivity contribution >= 4 is 57.3 Å². The minimum absolute atomic E-state index is 1.02. The maximum absolute atomic E-state index is 4.17. The van der Waals surface area contributed by atoms with Crippen molar-refractivity contribution in [3.8, 4) is 44.5 Å². The molecule has 1 nitrogen and oxygen atoms in total. The van der Waals surface area contributed by atoms with E-state index in [1.54, 1.807) is 0 Å². The van der Waals surface area contributed by atoms with Crippen LogP contribution >= 0.6 is 0 Å². The predicted octanol–water partition coefficient (Wildman–Crippen LogP) is 15.0. The average molecular weight is 778 g/mol. The van der Waals surface area contributed by atoms with Crippen LogP contribution in [0.1, 0.15) is 5.56 Å². The van der Waals surface area contributed by atoms with Crippen molar-refractivity contribution in [3.05, 3.63) is 253 Å². The number of anilines is 3. The number of hydrogen-bond donors (Lipinski definition) is 0. The molecule has 0 aliphatic carbocycles. The van der Waals surface area contributed by atoms with Gasteiger partial charge in [0.25, 0.3) is 0 Å². The molecule has 0 amide bonds. The lowest BCUT2D eigenvalue weighted by Gasteiger charge is -2.27. The second kappa shape index (κ2) is 16.7. The van der Waals surface area contributed by atoms with Crippen molar-refractivity contribution < 1.29 is 0 Å². The molecule has 0 bridgehead atoms. The van der Waals surface area contributed by atoms with Crippen LogP contribution in [0.25, 0.3) is 84.8 Å².